The van der Waals surface area contributed by atoms with Crippen molar-refractivity contribution in [1.29, 1.82) is 0 Å². The molecule has 0 bridgehead atoms. The van der Waals surface area contributed by atoms with Crippen LogP contribution in [0, 0.1) is 0 Å². The van der Waals surface area contributed by atoms with Crippen LogP contribution in [0.1, 0.15) is 15.9 Å². The maximum Gasteiger partial charge on any atom is 0.321 e. The third kappa shape index (κ3) is 6.78. The zero-order chi connectivity index (χ0) is 24.0. The summed E-state index contributed by atoms with van der Waals surface area (Å²) in [6, 6.07) is 14.2. The largest absolute Gasteiger partial charge is 0.348 e. The standard InChI is InChI=1S/C17H16ClN3O2.C4H6N2O3S/c18-14-6-4-12(5-7-14)11-20-16(22)13-2-1-3-15(10-13)21-9-8-19-17(21)23;1-6-3-4(2-5-6)10(7,8)9/h1-7,10H,8-9,11H2,(H,19,23)(H,20,22);2-3H,1H3,(H,7,8,9). The van der Waals surface area contributed by atoms with Gasteiger partial charge in [0.25, 0.3) is 16.0 Å². The maximum atomic E-state index is 12.3. The Morgan fingerprint density at radius 1 is 1.24 bits per heavy atom. The molecule has 33 heavy (non-hydrogen) atoms. The van der Waals surface area contributed by atoms with Crippen LogP contribution in [-0.2, 0) is 23.7 Å². The molecule has 1 aliphatic rings. The Labute approximate surface area is 195 Å². The molecule has 0 spiro atoms. The number of aromatic nitrogens is 2. The number of carbonyl (C=O) groups excluding carboxylic acids is 2. The fraction of sp³-hybridized carbons (Fsp3) is 0.190. The number of carbonyl (C=O) groups is 2. The molecule has 0 aliphatic carbocycles. The first-order chi connectivity index (χ1) is 15.6. The smallest absolute Gasteiger partial charge is 0.321 e. The molecule has 12 heteroatoms. The van der Waals surface area contributed by atoms with Crippen molar-refractivity contribution in [2.75, 3.05) is 18.0 Å². The molecule has 174 valence electrons. The molecule has 10 nitrogen and oxygen atoms in total. The van der Waals surface area contributed by atoms with Crippen LogP contribution >= 0.6 is 11.6 Å². The number of rotatable bonds is 5. The number of nitrogens with zero attached hydrogens (tertiary/aromatic N) is 3. The number of halogens is 1. The van der Waals surface area contributed by atoms with Crippen molar-refractivity contribution >= 4 is 39.3 Å². The van der Waals surface area contributed by atoms with Gasteiger partial charge in [0.2, 0.25) is 0 Å². The predicted molar refractivity (Wildman–Crippen MR) is 123 cm³/mol. The van der Waals surface area contributed by atoms with E-state index in [0.29, 0.717) is 30.2 Å². The minimum Gasteiger partial charge on any atom is -0.348 e. The van der Waals surface area contributed by atoms with Crippen molar-refractivity contribution in [2.24, 2.45) is 7.05 Å². The van der Waals surface area contributed by atoms with E-state index in [1.807, 2.05) is 18.2 Å². The zero-order valence-corrected chi connectivity index (χ0v) is 19.2. The lowest BCUT2D eigenvalue weighted by Crippen LogP contribution is -2.28. The average Bonchev–Trinajstić information content (AvgIpc) is 3.42. The average molecular weight is 492 g/mol. The molecule has 0 atom stereocenters. The normalized spacial score (nSPS) is 13.2. The van der Waals surface area contributed by atoms with E-state index in [1.54, 1.807) is 42.3 Å². The molecule has 0 saturated carbocycles. The highest BCUT2D eigenvalue weighted by molar-refractivity contribution is 7.85. The van der Waals surface area contributed by atoms with Gasteiger partial charge < -0.3 is 10.6 Å². The van der Waals surface area contributed by atoms with Crippen LogP contribution in [0.5, 0.6) is 0 Å². The number of amides is 3. The zero-order valence-electron chi connectivity index (χ0n) is 17.6. The van der Waals surface area contributed by atoms with E-state index in [0.717, 1.165) is 17.4 Å². The Balaban J connectivity index is 0.000000257. The van der Waals surface area contributed by atoms with Gasteiger partial charge in [-0.1, -0.05) is 29.8 Å². The van der Waals surface area contributed by atoms with Gasteiger partial charge >= 0.3 is 6.03 Å². The van der Waals surface area contributed by atoms with Gasteiger partial charge in [-0.2, -0.15) is 13.5 Å². The second-order valence-corrected chi connectivity index (χ2v) is 8.93. The van der Waals surface area contributed by atoms with Gasteiger partial charge in [-0.25, -0.2) is 4.79 Å². The minimum atomic E-state index is -4.07. The summed E-state index contributed by atoms with van der Waals surface area (Å²) in [5.41, 5.74) is 2.22. The lowest BCUT2D eigenvalue weighted by Gasteiger charge is -2.15. The number of urea groups is 1. The minimum absolute atomic E-state index is 0.135. The molecule has 4 rings (SSSR count). The maximum absolute atomic E-state index is 12.3. The second-order valence-electron chi connectivity index (χ2n) is 7.07. The van der Waals surface area contributed by atoms with Crippen LogP contribution in [0.4, 0.5) is 10.5 Å². The van der Waals surface area contributed by atoms with Crippen LogP contribution in [0.15, 0.2) is 65.8 Å². The fourth-order valence-corrected chi connectivity index (χ4v) is 3.54. The first kappa shape index (κ1) is 24.2. The molecular formula is C21H22ClN5O5S. The van der Waals surface area contributed by atoms with Crippen molar-refractivity contribution in [3.63, 3.8) is 0 Å². The summed E-state index contributed by atoms with van der Waals surface area (Å²) in [5, 5.41) is 9.83. The van der Waals surface area contributed by atoms with Crippen LogP contribution in [0.2, 0.25) is 5.02 Å². The van der Waals surface area contributed by atoms with Crippen molar-refractivity contribution in [3.8, 4) is 0 Å². The number of anilines is 1. The van der Waals surface area contributed by atoms with Gasteiger partial charge in [-0.15, -0.1) is 0 Å². The summed E-state index contributed by atoms with van der Waals surface area (Å²) in [5.74, 6) is -0.179. The molecule has 1 aromatic heterocycles. The molecule has 3 amide bonds. The molecule has 0 unspecified atom stereocenters. The second kappa shape index (κ2) is 10.5. The van der Waals surface area contributed by atoms with E-state index in [2.05, 4.69) is 15.7 Å². The van der Waals surface area contributed by atoms with Gasteiger partial charge in [-0.05, 0) is 35.9 Å². The molecule has 1 aliphatic heterocycles. The first-order valence-electron chi connectivity index (χ1n) is 9.78. The Hall–Kier alpha value is -3.41. The summed E-state index contributed by atoms with van der Waals surface area (Å²) < 4.78 is 30.4. The van der Waals surface area contributed by atoms with Crippen LogP contribution in [-0.4, -0.2) is 47.8 Å². The molecule has 3 aromatic rings. The highest BCUT2D eigenvalue weighted by Crippen LogP contribution is 2.18. The first-order valence-corrected chi connectivity index (χ1v) is 11.6. The summed E-state index contributed by atoms with van der Waals surface area (Å²) in [4.78, 5) is 25.4. The number of hydrogen-bond acceptors (Lipinski definition) is 5. The Kier molecular flexibility index (Phi) is 7.69. The highest BCUT2D eigenvalue weighted by atomic mass is 35.5. The quantitative estimate of drug-likeness (QED) is 0.469. The molecular weight excluding hydrogens is 470 g/mol. The van der Waals surface area contributed by atoms with Gasteiger partial charge in [0.15, 0.2) is 0 Å². The lowest BCUT2D eigenvalue weighted by molar-refractivity contribution is 0.0951. The van der Waals surface area contributed by atoms with Crippen LogP contribution in [0.25, 0.3) is 0 Å². The lowest BCUT2D eigenvalue weighted by atomic mass is 10.1. The van der Waals surface area contributed by atoms with Gasteiger partial charge in [0.1, 0.15) is 4.90 Å². The fourth-order valence-electron chi connectivity index (χ4n) is 2.95. The van der Waals surface area contributed by atoms with Crippen molar-refractivity contribution < 1.29 is 22.6 Å². The van der Waals surface area contributed by atoms with Crippen molar-refractivity contribution in [2.45, 2.75) is 11.4 Å². The SMILES string of the molecule is Cn1cc(S(=O)(=O)O)cn1.O=C(NCc1ccc(Cl)cc1)c1cccc(N2CCNC2=O)c1. The molecule has 1 fully saturated rings. The summed E-state index contributed by atoms with van der Waals surface area (Å²) in [6.07, 6.45) is 2.30. The van der Waals surface area contributed by atoms with E-state index in [1.165, 1.54) is 10.9 Å². The van der Waals surface area contributed by atoms with E-state index < -0.39 is 10.1 Å². The Morgan fingerprint density at radius 2 is 1.97 bits per heavy atom. The van der Waals surface area contributed by atoms with Crippen LogP contribution < -0.4 is 15.5 Å². The van der Waals surface area contributed by atoms with Gasteiger partial charge in [0.05, 0.1) is 6.20 Å². The van der Waals surface area contributed by atoms with E-state index in [-0.39, 0.29) is 16.8 Å². The Bertz CT molecular complexity index is 1240. The molecule has 2 aromatic carbocycles. The number of hydrogen-bond donors (Lipinski definition) is 3. The topological polar surface area (TPSA) is 134 Å². The third-order valence-corrected chi connectivity index (χ3v) is 5.68. The molecule has 3 N–H and O–H groups in total. The van der Waals surface area contributed by atoms with Gasteiger partial charge in [0, 0.05) is 49.2 Å². The van der Waals surface area contributed by atoms with Crippen molar-refractivity contribution in [3.05, 3.63) is 77.1 Å². The van der Waals surface area contributed by atoms with E-state index >= 15 is 0 Å². The number of nitrogens with one attached hydrogen (secondary N) is 2. The van der Waals surface area contributed by atoms with Crippen LogP contribution in [0.3, 0.4) is 0 Å². The summed E-state index contributed by atoms with van der Waals surface area (Å²) in [7, 11) is -2.50. The molecule has 2 heterocycles. The van der Waals surface area contributed by atoms with E-state index in [9.17, 15) is 18.0 Å². The third-order valence-electron chi connectivity index (χ3n) is 4.62. The molecule has 1 saturated heterocycles. The number of benzene rings is 2. The van der Waals surface area contributed by atoms with Gasteiger partial charge in [-0.3, -0.25) is 18.9 Å². The predicted octanol–water partition coefficient (Wildman–Crippen LogP) is 2.47. The monoisotopic (exact) mass is 491 g/mol. The summed E-state index contributed by atoms with van der Waals surface area (Å²) >= 11 is 5.84. The summed E-state index contributed by atoms with van der Waals surface area (Å²) in [6.45, 7) is 1.64. The van der Waals surface area contributed by atoms with E-state index in [4.69, 9.17) is 16.2 Å². The molecule has 0 radical (unpaired) electrons. The highest BCUT2D eigenvalue weighted by Gasteiger charge is 2.21. The Morgan fingerprint density at radius 3 is 2.52 bits per heavy atom. The number of aryl methyl sites for hydroxylation is 1. The van der Waals surface area contributed by atoms with Crippen molar-refractivity contribution in [1.82, 2.24) is 20.4 Å².